The maximum absolute atomic E-state index is 13.0. The lowest BCUT2D eigenvalue weighted by Gasteiger charge is -2.34. The van der Waals surface area contributed by atoms with E-state index >= 15 is 0 Å². The number of fused-ring (bicyclic) bond motifs is 1. The van der Waals surface area contributed by atoms with E-state index in [1.54, 1.807) is 13.8 Å². The summed E-state index contributed by atoms with van der Waals surface area (Å²) >= 11 is 0. The molecule has 0 bridgehead atoms. The van der Waals surface area contributed by atoms with E-state index in [0.29, 0.717) is 30.1 Å². The predicted octanol–water partition coefficient (Wildman–Crippen LogP) is 2.65. The number of piperidine rings is 1. The van der Waals surface area contributed by atoms with Gasteiger partial charge in [0.2, 0.25) is 5.91 Å². The SMILES string of the molecule is Cc1nc2nc(C(F)(F)F)nn2c(C)c1CCC(=O)N1CCC(CCN2CCOCC2)CC1. The minimum Gasteiger partial charge on any atom is -0.379 e. The van der Waals surface area contributed by atoms with E-state index in [-0.39, 0.29) is 11.7 Å². The van der Waals surface area contributed by atoms with Crippen LogP contribution in [-0.4, -0.2) is 81.2 Å². The van der Waals surface area contributed by atoms with Gasteiger partial charge in [-0.2, -0.15) is 18.2 Å². The van der Waals surface area contributed by atoms with Crippen molar-refractivity contribution in [2.45, 2.75) is 52.1 Å². The van der Waals surface area contributed by atoms with Crippen LogP contribution in [0.4, 0.5) is 13.2 Å². The monoisotopic (exact) mass is 468 g/mol. The number of halogens is 3. The Labute approximate surface area is 191 Å². The number of alkyl halides is 3. The molecule has 0 N–H and O–H groups in total. The lowest BCUT2D eigenvalue weighted by Crippen LogP contribution is -2.41. The third-order valence-corrected chi connectivity index (χ3v) is 6.82. The van der Waals surface area contributed by atoms with Gasteiger partial charge in [0.05, 0.1) is 13.2 Å². The first-order valence-corrected chi connectivity index (χ1v) is 11.6. The van der Waals surface area contributed by atoms with Crippen molar-refractivity contribution >= 4 is 11.7 Å². The van der Waals surface area contributed by atoms with Gasteiger partial charge in [-0.05, 0) is 57.6 Å². The Hall–Kier alpha value is -2.27. The highest BCUT2D eigenvalue weighted by atomic mass is 19.4. The second kappa shape index (κ2) is 9.92. The maximum atomic E-state index is 13.0. The molecule has 0 spiro atoms. The largest absolute Gasteiger partial charge is 0.453 e. The molecule has 0 unspecified atom stereocenters. The molecule has 2 saturated heterocycles. The van der Waals surface area contributed by atoms with Crippen molar-refractivity contribution in [3.8, 4) is 0 Å². The summed E-state index contributed by atoms with van der Waals surface area (Å²) in [7, 11) is 0. The third-order valence-electron chi connectivity index (χ3n) is 6.82. The zero-order valence-electron chi connectivity index (χ0n) is 19.2. The lowest BCUT2D eigenvalue weighted by molar-refractivity contribution is -0.144. The van der Waals surface area contributed by atoms with E-state index in [0.717, 1.165) is 75.3 Å². The second-order valence-electron chi connectivity index (χ2n) is 8.97. The highest BCUT2D eigenvalue weighted by molar-refractivity contribution is 5.76. The molecule has 33 heavy (non-hydrogen) atoms. The van der Waals surface area contributed by atoms with Crippen molar-refractivity contribution in [2.24, 2.45) is 5.92 Å². The summed E-state index contributed by atoms with van der Waals surface area (Å²) in [6.45, 7) is 9.68. The van der Waals surface area contributed by atoms with Gasteiger partial charge in [0, 0.05) is 44.0 Å². The Kier molecular flexibility index (Phi) is 7.18. The summed E-state index contributed by atoms with van der Waals surface area (Å²) in [5.41, 5.74) is 1.86. The number of ether oxygens (including phenoxy) is 1. The van der Waals surface area contributed by atoms with Gasteiger partial charge in [-0.1, -0.05) is 0 Å². The van der Waals surface area contributed by atoms with Gasteiger partial charge in [0.1, 0.15) is 0 Å². The van der Waals surface area contributed by atoms with E-state index in [9.17, 15) is 18.0 Å². The fraction of sp³-hybridized carbons (Fsp3) is 0.727. The van der Waals surface area contributed by atoms with Crippen LogP contribution in [0.5, 0.6) is 0 Å². The number of aryl methyl sites for hydroxylation is 2. The highest BCUT2D eigenvalue weighted by Crippen LogP contribution is 2.27. The molecule has 0 atom stereocenters. The van der Waals surface area contributed by atoms with E-state index in [1.165, 1.54) is 0 Å². The molecule has 1 amide bonds. The molecular weight excluding hydrogens is 437 g/mol. The molecule has 182 valence electrons. The maximum Gasteiger partial charge on any atom is 0.453 e. The van der Waals surface area contributed by atoms with Crippen LogP contribution in [0.1, 0.15) is 48.5 Å². The van der Waals surface area contributed by atoms with Crippen LogP contribution in [0.3, 0.4) is 0 Å². The number of hydrogen-bond acceptors (Lipinski definition) is 6. The van der Waals surface area contributed by atoms with Crippen LogP contribution in [0, 0.1) is 19.8 Å². The predicted molar refractivity (Wildman–Crippen MR) is 115 cm³/mol. The topological polar surface area (TPSA) is 75.9 Å². The number of nitrogens with zero attached hydrogens (tertiary/aromatic N) is 6. The quantitative estimate of drug-likeness (QED) is 0.649. The molecule has 0 aliphatic carbocycles. The smallest absolute Gasteiger partial charge is 0.379 e. The van der Waals surface area contributed by atoms with E-state index < -0.39 is 12.0 Å². The summed E-state index contributed by atoms with van der Waals surface area (Å²) in [5, 5.41) is 3.57. The third kappa shape index (κ3) is 5.63. The van der Waals surface area contributed by atoms with Gasteiger partial charge < -0.3 is 9.64 Å². The zero-order chi connectivity index (χ0) is 23.6. The Morgan fingerprint density at radius 2 is 1.79 bits per heavy atom. The van der Waals surface area contributed by atoms with Crippen molar-refractivity contribution in [1.29, 1.82) is 0 Å². The molecule has 2 aliphatic heterocycles. The van der Waals surface area contributed by atoms with Gasteiger partial charge >= 0.3 is 6.18 Å². The number of carbonyl (C=O) groups is 1. The molecule has 2 aromatic rings. The standard InChI is InChI=1S/C22H31F3N6O2/c1-15-18(16(2)31-21(26-15)27-20(28-31)22(23,24)25)3-4-19(32)30-9-6-17(7-10-30)5-8-29-11-13-33-14-12-29/h17H,3-14H2,1-2H3. The number of morpholine rings is 1. The summed E-state index contributed by atoms with van der Waals surface area (Å²) in [4.78, 5) is 24.8. The van der Waals surface area contributed by atoms with Crippen LogP contribution in [0.15, 0.2) is 0 Å². The number of rotatable bonds is 6. The Morgan fingerprint density at radius 1 is 1.09 bits per heavy atom. The molecule has 2 fully saturated rings. The first kappa shape index (κ1) is 23.9. The van der Waals surface area contributed by atoms with Gasteiger partial charge in [0.15, 0.2) is 0 Å². The van der Waals surface area contributed by atoms with Gasteiger partial charge in [-0.3, -0.25) is 9.69 Å². The highest BCUT2D eigenvalue weighted by Gasteiger charge is 2.37. The van der Waals surface area contributed by atoms with Crippen molar-refractivity contribution in [3.63, 3.8) is 0 Å². The Bertz CT molecular complexity index is 979. The number of aromatic nitrogens is 4. The zero-order valence-corrected chi connectivity index (χ0v) is 19.2. The van der Waals surface area contributed by atoms with Crippen LogP contribution in [-0.2, 0) is 22.1 Å². The second-order valence-corrected chi connectivity index (χ2v) is 8.97. The Morgan fingerprint density at radius 3 is 2.45 bits per heavy atom. The van der Waals surface area contributed by atoms with E-state index in [2.05, 4.69) is 20.0 Å². The Balaban J connectivity index is 1.30. The normalized spacial score (nSPS) is 18.9. The number of hydrogen-bond donors (Lipinski definition) is 0. The van der Waals surface area contributed by atoms with E-state index in [1.807, 2.05) is 4.90 Å². The fourth-order valence-corrected chi connectivity index (χ4v) is 4.74. The first-order valence-electron chi connectivity index (χ1n) is 11.6. The van der Waals surface area contributed by atoms with Crippen LogP contribution in [0.25, 0.3) is 5.78 Å². The first-order chi connectivity index (χ1) is 15.7. The molecule has 0 saturated carbocycles. The van der Waals surface area contributed by atoms with Gasteiger partial charge in [-0.25, -0.2) is 9.50 Å². The van der Waals surface area contributed by atoms with Crippen molar-refractivity contribution in [1.82, 2.24) is 29.4 Å². The molecule has 4 heterocycles. The van der Waals surface area contributed by atoms with Crippen molar-refractivity contribution in [2.75, 3.05) is 45.9 Å². The number of likely N-dealkylation sites (tertiary alicyclic amines) is 1. The van der Waals surface area contributed by atoms with Crippen molar-refractivity contribution in [3.05, 3.63) is 22.8 Å². The lowest BCUT2D eigenvalue weighted by atomic mass is 9.93. The molecule has 2 aliphatic rings. The summed E-state index contributed by atoms with van der Waals surface area (Å²) < 4.78 is 45.4. The van der Waals surface area contributed by atoms with Gasteiger partial charge in [0.25, 0.3) is 11.6 Å². The molecule has 0 aromatic carbocycles. The van der Waals surface area contributed by atoms with Crippen molar-refractivity contribution < 1.29 is 22.7 Å². The minimum absolute atomic E-state index is 0.0773. The van der Waals surface area contributed by atoms with Crippen LogP contribution >= 0.6 is 0 Å². The molecule has 11 heteroatoms. The fourth-order valence-electron chi connectivity index (χ4n) is 4.74. The average molecular weight is 469 g/mol. The van der Waals surface area contributed by atoms with Crippen LogP contribution < -0.4 is 0 Å². The molecule has 0 radical (unpaired) electrons. The van der Waals surface area contributed by atoms with E-state index in [4.69, 9.17) is 4.74 Å². The van der Waals surface area contributed by atoms with Crippen LogP contribution in [0.2, 0.25) is 0 Å². The van der Waals surface area contributed by atoms with Gasteiger partial charge in [-0.15, -0.1) is 5.10 Å². The number of carbonyl (C=O) groups excluding carboxylic acids is 1. The average Bonchev–Trinajstić information content (AvgIpc) is 3.23. The molecule has 2 aromatic heterocycles. The summed E-state index contributed by atoms with van der Waals surface area (Å²) in [5.74, 6) is -0.563. The molecule has 8 nitrogen and oxygen atoms in total. The molecular formula is C22H31F3N6O2. The number of amides is 1. The minimum atomic E-state index is -4.63. The molecule has 4 rings (SSSR count). The summed E-state index contributed by atoms with van der Waals surface area (Å²) in [6, 6.07) is 0. The summed E-state index contributed by atoms with van der Waals surface area (Å²) in [6.07, 6.45) is -0.726.